The van der Waals surface area contributed by atoms with Gasteiger partial charge in [-0.1, -0.05) is 45.8 Å². The van der Waals surface area contributed by atoms with Crippen LogP contribution in [0.4, 0.5) is 4.39 Å². The monoisotopic (exact) mass is 322 g/mol. The summed E-state index contributed by atoms with van der Waals surface area (Å²) >= 11 is 3.29. The molecule has 1 unspecified atom stereocenters. The van der Waals surface area contributed by atoms with Crippen molar-refractivity contribution in [3.8, 4) is 0 Å². The Labute approximate surface area is 121 Å². The number of aryl methyl sites for hydroxylation is 1. The van der Waals surface area contributed by atoms with Crippen LogP contribution in [-0.4, -0.2) is 11.7 Å². The van der Waals surface area contributed by atoms with Crippen LogP contribution in [0.3, 0.4) is 0 Å². The summed E-state index contributed by atoms with van der Waals surface area (Å²) in [6.45, 7) is 2.08. The summed E-state index contributed by atoms with van der Waals surface area (Å²) < 4.78 is 14.1. The Morgan fingerprint density at radius 2 is 1.84 bits per heavy atom. The van der Waals surface area contributed by atoms with Gasteiger partial charge in [0.2, 0.25) is 0 Å². The molecule has 2 aromatic rings. The second-order valence-electron chi connectivity index (χ2n) is 4.77. The van der Waals surface area contributed by atoms with Crippen molar-refractivity contribution < 1.29 is 9.50 Å². The third kappa shape index (κ3) is 3.88. The fraction of sp³-hybridized carbons (Fsp3) is 0.250. The molecule has 0 aliphatic heterocycles. The zero-order valence-corrected chi connectivity index (χ0v) is 12.3. The van der Waals surface area contributed by atoms with Crippen LogP contribution in [0, 0.1) is 12.7 Å². The molecule has 0 aromatic heterocycles. The Morgan fingerprint density at radius 3 is 2.42 bits per heavy atom. The lowest BCUT2D eigenvalue weighted by Gasteiger charge is -2.15. The van der Waals surface area contributed by atoms with Crippen LogP contribution in [-0.2, 0) is 6.42 Å². The van der Waals surface area contributed by atoms with Crippen LogP contribution < -0.4 is 0 Å². The van der Waals surface area contributed by atoms with Gasteiger partial charge < -0.3 is 5.11 Å². The third-order valence-corrected chi connectivity index (χ3v) is 3.63. The highest BCUT2D eigenvalue weighted by Gasteiger charge is 2.12. The van der Waals surface area contributed by atoms with Crippen LogP contribution in [0.5, 0.6) is 0 Å². The molecule has 19 heavy (non-hydrogen) atoms. The molecule has 0 radical (unpaired) electrons. The Bertz CT molecular complexity index is 531. The summed E-state index contributed by atoms with van der Waals surface area (Å²) in [7, 11) is 0. The lowest BCUT2D eigenvalue weighted by atomic mass is 9.92. The molecule has 0 amide bonds. The molecular formula is C16H16BrFO. The van der Waals surface area contributed by atoms with E-state index in [1.807, 2.05) is 37.3 Å². The van der Waals surface area contributed by atoms with Crippen molar-refractivity contribution in [2.75, 3.05) is 6.61 Å². The highest BCUT2D eigenvalue weighted by molar-refractivity contribution is 9.10. The van der Waals surface area contributed by atoms with Crippen molar-refractivity contribution in [1.29, 1.82) is 0 Å². The van der Waals surface area contributed by atoms with E-state index in [0.29, 0.717) is 6.42 Å². The quantitative estimate of drug-likeness (QED) is 0.893. The zero-order chi connectivity index (χ0) is 13.8. The van der Waals surface area contributed by atoms with E-state index >= 15 is 0 Å². The number of benzene rings is 2. The Kier molecular flexibility index (Phi) is 4.72. The fourth-order valence-corrected chi connectivity index (χ4v) is 2.65. The Morgan fingerprint density at radius 1 is 1.16 bits per heavy atom. The van der Waals surface area contributed by atoms with Gasteiger partial charge in [-0.15, -0.1) is 0 Å². The SMILES string of the molecule is Cc1ccc(C(CO)Cc2cc(F)cc(Br)c2)cc1. The second kappa shape index (κ2) is 6.31. The molecule has 1 atom stereocenters. The van der Waals surface area contributed by atoms with Crippen LogP contribution in [0.1, 0.15) is 22.6 Å². The van der Waals surface area contributed by atoms with Gasteiger partial charge >= 0.3 is 0 Å². The number of aliphatic hydroxyl groups is 1. The highest BCUT2D eigenvalue weighted by atomic mass is 79.9. The average molecular weight is 323 g/mol. The maximum atomic E-state index is 13.3. The van der Waals surface area contributed by atoms with Crippen molar-refractivity contribution in [3.05, 3.63) is 69.4 Å². The average Bonchev–Trinajstić information content (AvgIpc) is 2.36. The summed E-state index contributed by atoms with van der Waals surface area (Å²) in [6, 6.07) is 12.9. The van der Waals surface area contributed by atoms with Gasteiger partial charge in [0, 0.05) is 10.4 Å². The van der Waals surface area contributed by atoms with E-state index in [0.717, 1.165) is 15.6 Å². The number of rotatable bonds is 4. The second-order valence-corrected chi connectivity index (χ2v) is 5.69. The first kappa shape index (κ1) is 14.2. The first-order chi connectivity index (χ1) is 9.08. The zero-order valence-electron chi connectivity index (χ0n) is 10.7. The molecule has 2 aromatic carbocycles. The van der Waals surface area contributed by atoms with Gasteiger partial charge in [-0.3, -0.25) is 0 Å². The Balaban J connectivity index is 2.21. The maximum Gasteiger partial charge on any atom is 0.124 e. The van der Waals surface area contributed by atoms with Gasteiger partial charge in [-0.05, 0) is 42.7 Å². The molecule has 0 saturated carbocycles. The molecule has 3 heteroatoms. The summed E-state index contributed by atoms with van der Waals surface area (Å²) in [4.78, 5) is 0. The number of hydrogen-bond acceptors (Lipinski definition) is 1. The molecule has 100 valence electrons. The molecule has 1 nitrogen and oxygen atoms in total. The third-order valence-electron chi connectivity index (χ3n) is 3.17. The van der Waals surface area contributed by atoms with Gasteiger partial charge in [0.05, 0.1) is 6.61 Å². The van der Waals surface area contributed by atoms with Gasteiger partial charge in [-0.2, -0.15) is 0 Å². The van der Waals surface area contributed by atoms with E-state index in [1.54, 1.807) is 0 Å². The predicted octanol–water partition coefficient (Wildman–Crippen LogP) is 4.22. The van der Waals surface area contributed by atoms with E-state index in [2.05, 4.69) is 15.9 Å². The molecule has 1 N–H and O–H groups in total. The van der Waals surface area contributed by atoms with E-state index < -0.39 is 0 Å². The van der Waals surface area contributed by atoms with E-state index in [1.165, 1.54) is 17.7 Å². The first-order valence-corrected chi connectivity index (χ1v) is 7.00. The molecular weight excluding hydrogens is 307 g/mol. The largest absolute Gasteiger partial charge is 0.396 e. The lowest BCUT2D eigenvalue weighted by Crippen LogP contribution is -2.08. The minimum absolute atomic E-state index is 0.00528. The standard InChI is InChI=1S/C16H16BrFO/c1-11-2-4-13(5-3-11)14(10-19)6-12-7-15(17)9-16(18)8-12/h2-5,7-9,14,19H,6,10H2,1H3. The van der Waals surface area contributed by atoms with Crippen molar-refractivity contribution in [3.63, 3.8) is 0 Å². The van der Waals surface area contributed by atoms with Crippen LogP contribution >= 0.6 is 15.9 Å². The highest BCUT2D eigenvalue weighted by Crippen LogP contribution is 2.23. The van der Waals surface area contributed by atoms with E-state index in [-0.39, 0.29) is 18.3 Å². The molecule has 0 heterocycles. The molecule has 0 fully saturated rings. The minimum Gasteiger partial charge on any atom is -0.396 e. The van der Waals surface area contributed by atoms with Crippen molar-refractivity contribution in [1.82, 2.24) is 0 Å². The normalized spacial score (nSPS) is 12.4. The molecule has 2 rings (SSSR count). The molecule has 0 saturated heterocycles. The summed E-state index contributed by atoms with van der Waals surface area (Å²) in [5.41, 5.74) is 3.15. The summed E-state index contributed by atoms with van der Waals surface area (Å²) in [5, 5.41) is 9.54. The van der Waals surface area contributed by atoms with Gasteiger partial charge in [0.1, 0.15) is 5.82 Å². The molecule has 0 aliphatic carbocycles. The lowest BCUT2D eigenvalue weighted by molar-refractivity contribution is 0.264. The van der Waals surface area contributed by atoms with Crippen LogP contribution in [0.15, 0.2) is 46.9 Å². The van der Waals surface area contributed by atoms with Crippen molar-refractivity contribution in [2.45, 2.75) is 19.3 Å². The van der Waals surface area contributed by atoms with Crippen molar-refractivity contribution >= 4 is 15.9 Å². The van der Waals surface area contributed by atoms with Crippen LogP contribution in [0.25, 0.3) is 0 Å². The van der Waals surface area contributed by atoms with Gasteiger partial charge in [0.25, 0.3) is 0 Å². The number of aliphatic hydroxyl groups excluding tert-OH is 1. The fourth-order valence-electron chi connectivity index (χ4n) is 2.14. The van der Waals surface area contributed by atoms with Crippen molar-refractivity contribution in [2.24, 2.45) is 0 Å². The maximum absolute atomic E-state index is 13.3. The summed E-state index contributed by atoms with van der Waals surface area (Å²) in [6.07, 6.45) is 0.621. The number of halogens is 2. The smallest absolute Gasteiger partial charge is 0.124 e. The first-order valence-electron chi connectivity index (χ1n) is 6.21. The minimum atomic E-state index is -0.259. The van der Waals surface area contributed by atoms with E-state index in [9.17, 15) is 9.50 Å². The van der Waals surface area contributed by atoms with Gasteiger partial charge in [0.15, 0.2) is 0 Å². The predicted molar refractivity (Wildman–Crippen MR) is 78.8 cm³/mol. The molecule has 0 aliphatic rings. The van der Waals surface area contributed by atoms with E-state index in [4.69, 9.17) is 0 Å². The van der Waals surface area contributed by atoms with Gasteiger partial charge in [-0.25, -0.2) is 4.39 Å². The summed E-state index contributed by atoms with van der Waals surface area (Å²) in [5.74, 6) is -0.265. The molecule has 0 spiro atoms. The topological polar surface area (TPSA) is 20.2 Å². The number of hydrogen-bond donors (Lipinski definition) is 1. The Hall–Kier alpha value is -1.19. The molecule has 0 bridgehead atoms. The van der Waals surface area contributed by atoms with Crippen LogP contribution in [0.2, 0.25) is 0 Å².